The van der Waals surface area contributed by atoms with Gasteiger partial charge in [0.1, 0.15) is 5.54 Å². The molecule has 0 spiro atoms. The van der Waals surface area contributed by atoms with Gasteiger partial charge in [0.15, 0.2) is 0 Å². The van der Waals surface area contributed by atoms with Gasteiger partial charge in [-0.2, -0.15) is 0 Å². The number of benzene rings is 1. The molecule has 0 bridgehead atoms. The van der Waals surface area contributed by atoms with Crippen LogP contribution in [0.1, 0.15) is 31.7 Å². The molecular formula is C17H27N3O. The third-order valence-electron chi connectivity index (χ3n) is 4.93. The molecule has 116 valence electrons. The van der Waals surface area contributed by atoms with Crippen molar-refractivity contribution in [1.82, 2.24) is 9.80 Å². The average molecular weight is 289 g/mol. The first-order chi connectivity index (χ1) is 9.79. The maximum absolute atomic E-state index is 12.8. The van der Waals surface area contributed by atoms with Crippen molar-refractivity contribution in [2.45, 2.75) is 37.3 Å². The molecule has 0 aromatic heterocycles. The Morgan fingerprint density at radius 2 is 1.81 bits per heavy atom. The molecule has 1 aromatic rings. The fraction of sp³-hybridized carbons (Fsp3) is 0.588. The summed E-state index contributed by atoms with van der Waals surface area (Å²) in [5.41, 5.74) is 6.33. The van der Waals surface area contributed by atoms with Crippen molar-refractivity contribution in [2.75, 3.05) is 27.7 Å². The van der Waals surface area contributed by atoms with E-state index in [-0.39, 0.29) is 11.4 Å². The van der Waals surface area contributed by atoms with Crippen molar-refractivity contribution in [2.24, 2.45) is 5.73 Å². The molecule has 2 N–H and O–H groups in total. The first-order valence-electron chi connectivity index (χ1n) is 7.57. The molecule has 4 heteroatoms. The fourth-order valence-electron chi connectivity index (χ4n) is 3.15. The minimum absolute atomic E-state index is 0.0261. The minimum Gasteiger partial charge on any atom is -0.342 e. The van der Waals surface area contributed by atoms with Crippen LogP contribution in [0.3, 0.4) is 0 Å². The van der Waals surface area contributed by atoms with E-state index in [0.29, 0.717) is 0 Å². The van der Waals surface area contributed by atoms with Gasteiger partial charge in [-0.05, 0) is 45.8 Å². The van der Waals surface area contributed by atoms with Gasteiger partial charge in [-0.25, -0.2) is 0 Å². The van der Waals surface area contributed by atoms with E-state index in [4.69, 9.17) is 5.73 Å². The summed E-state index contributed by atoms with van der Waals surface area (Å²) in [4.78, 5) is 16.8. The minimum atomic E-state index is -0.979. The molecule has 1 aliphatic carbocycles. The molecule has 1 unspecified atom stereocenters. The van der Waals surface area contributed by atoms with Crippen LogP contribution in [0.2, 0.25) is 0 Å². The number of amides is 1. The molecule has 1 atom stereocenters. The van der Waals surface area contributed by atoms with Gasteiger partial charge < -0.3 is 15.5 Å². The molecule has 21 heavy (non-hydrogen) atoms. The van der Waals surface area contributed by atoms with Gasteiger partial charge in [-0.15, -0.1) is 0 Å². The number of likely N-dealkylation sites (N-methyl/N-ethyl adjacent to an activating group) is 2. The SMILES string of the molecule is CN(CC1(N(C)C)CCC1)C(=O)C(C)(N)c1ccccc1. The lowest BCUT2D eigenvalue weighted by Crippen LogP contribution is -2.60. The van der Waals surface area contributed by atoms with Crippen LogP contribution in [0.4, 0.5) is 0 Å². The summed E-state index contributed by atoms with van der Waals surface area (Å²) in [7, 11) is 6.05. The van der Waals surface area contributed by atoms with Crippen LogP contribution < -0.4 is 5.73 Å². The van der Waals surface area contributed by atoms with Crippen molar-refractivity contribution >= 4 is 5.91 Å². The molecule has 4 nitrogen and oxygen atoms in total. The summed E-state index contributed by atoms with van der Waals surface area (Å²) in [5.74, 6) is -0.0261. The molecule has 1 fully saturated rings. The number of carbonyl (C=O) groups excluding carboxylic acids is 1. The maximum Gasteiger partial charge on any atom is 0.246 e. The lowest BCUT2D eigenvalue weighted by Gasteiger charge is -2.49. The summed E-state index contributed by atoms with van der Waals surface area (Å²) >= 11 is 0. The lowest BCUT2D eigenvalue weighted by molar-refractivity contribution is -0.138. The average Bonchev–Trinajstić information content (AvgIpc) is 2.42. The zero-order valence-corrected chi connectivity index (χ0v) is 13.6. The van der Waals surface area contributed by atoms with E-state index in [9.17, 15) is 4.79 Å². The van der Waals surface area contributed by atoms with Crippen LogP contribution in [0.15, 0.2) is 30.3 Å². The van der Waals surface area contributed by atoms with Crippen LogP contribution in [-0.4, -0.2) is 48.9 Å². The predicted molar refractivity (Wildman–Crippen MR) is 85.9 cm³/mol. The Kier molecular flexibility index (Phi) is 4.40. The Labute approximate surface area is 127 Å². The summed E-state index contributed by atoms with van der Waals surface area (Å²) in [5, 5.41) is 0. The van der Waals surface area contributed by atoms with Crippen LogP contribution in [0.25, 0.3) is 0 Å². The molecule has 1 aromatic carbocycles. The number of rotatable bonds is 5. The Morgan fingerprint density at radius 3 is 2.24 bits per heavy atom. The van der Waals surface area contributed by atoms with Crippen molar-refractivity contribution in [1.29, 1.82) is 0 Å². The summed E-state index contributed by atoms with van der Waals surface area (Å²) in [6, 6.07) is 9.60. The lowest BCUT2D eigenvalue weighted by atomic mass is 9.75. The van der Waals surface area contributed by atoms with E-state index in [1.807, 2.05) is 37.4 Å². The van der Waals surface area contributed by atoms with Gasteiger partial charge in [0.05, 0.1) is 0 Å². The Balaban J connectivity index is 2.12. The topological polar surface area (TPSA) is 49.6 Å². The van der Waals surface area contributed by atoms with Crippen molar-refractivity contribution in [3.8, 4) is 0 Å². The second-order valence-corrected chi connectivity index (χ2v) is 6.70. The molecule has 0 aliphatic heterocycles. The highest BCUT2D eigenvalue weighted by Gasteiger charge is 2.42. The maximum atomic E-state index is 12.8. The quantitative estimate of drug-likeness (QED) is 0.899. The predicted octanol–water partition coefficient (Wildman–Crippen LogP) is 1.80. The standard InChI is InChI=1S/C17H27N3O/c1-16(18,14-9-6-5-7-10-14)15(21)20(4)13-17(19(2)3)11-8-12-17/h5-7,9-10H,8,11-13,18H2,1-4H3. The van der Waals surface area contributed by atoms with Crippen molar-refractivity contribution in [3.05, 3.63) is 35.9 Å². The highest BCUT2D eigenvalue weighted by atomic mass is 16.2. The summed E-state index contributed by atoms with van der Waals surface area (Å²) in [6.07, 6.45) is 3.52. The third kappa shape index (κ3) is 2.97. The van der Waals surface area contributed by atoms with Gasteiger partial charge in [0.2, 0.25) is 5.91 Å². The second kappa shape index (κ2) is 5.78. The first kappa shape index (κ1) is 16.0. The zero-order chi connectivity index (χ0) is 15.7. The second-order valence-electron chi connectivity index (χ2n) is 6.70. The van der Waals surface area contributed by atoms with E-state index in [2.05, 4.69) is 19.0 Å². The van der Waals surface area contributed by atoms with Gasteiger partial charge in [0.25, 0.3) is 0 Å². The number of hydrogen-bond acceptors (Lipinski definition) is 3. The van der Waals surface area contributed by atoms with Crippen molar-refractivity contribution in [3.63, 3.8) is 0 Å². The van der Waals surface area contributed by atoms with E-state index < -0.39 is 5.54 Å². The molecule has 1 aliphatic rings. The van der Waals surface area contributed by atoms with Crippen LogP contribution in [-0.2, 0) is 10.3 Å². The molecule has 0 heterocycles. The van der Waals surface area contributed by atoms with Gasteiger partial charge in [0, 0.05) is 19.1 Å². The molecule has 0 radical (unpaired) electrons. The number of nitrogens with zero attached hydrogens (tertiary/aromatic N) is 2. The molecule has 2 rings (SSSR count). The highest BCUT2D eigenvalue weighted by Crippen LogP contribution is 2.37. The number of hydrogen-bond donors (Lipinski definition) is 1. The fourth-order valence-corrected chi connectivity index (χ4v) is 3.15. The summed E-state index contributed by atoms with van der Waals surface area (Å²) < 4.78 is 0. The monoisotopic (exact) mass is 289 g/mol. The Bertz CT molecular complexity index is 492. The van der Waals surface area contributed by atoms with E-state index in [1.54, 1.807) is 11.8 Å². The van der Waals surface area contributed by atoms with Crippen LogP contribution in [0.5, 0.6) is 0 Å². The molecular weight excluding hydrogens is 262 g/mol. The Hall–Kier alpha value is -1.39. The molecule has 1 saturated carbocycles. The van der Waals surface area contributed by atoms with Gasteiger partial charge in [-0.1, -0.05) is 30.3 Å². The van der Waals surface area contributed by atoms with Gasteiger partial charge in [-0.3, -0.25) is 4.79 Å². The molecule has 0 saturated heterocycles. The van der Waals surface area contributed by atoms with Crippen LogP contribution in [0, 0.1) is 0 Å². The van der Waals surface area contributed by atoms with Crippen LogP contribution >= 0.6 is 0 Å². The van der Waals surface area contributed by atoms with E-state index in [1.165, 1.54) is 6.42 Å². The zero-order valence-electron chi connectivity index (χ0n) is 13.6. The number of nitrogens with two attached hydrogens (primary N) is 1. The van der Waals surface area contributed by atoms with Gasteiger partial charge >= 0.3 is 0 Å². The largest absolute Gasteiger partial charge is 0.342 e. The smallest absolute Gasteiger partial charge is 0.246 e. The highest BCUT2D eigenvalue weighted by molar-refractivity contribution is 5.87. The molecule has 1 amide bonds. The number of carbonyl (C=O) groups is 1. The first-order valence-corrected chi connectivity index (χ1v) is 7.57. The summed E-state index contributed by atoms with van der Waals surface area (Å²) in [6.45, 7) is 2.53. The normalized spacial score (nSPS) is 19.7. The van der Waals surface area contributed by atoms with Crippen molar-refractivity contribution < 1.29 is 4.79 Å². The Morgan fingerprint density at radius 1 is 1.24 bits per heavy atom. The van der Waals surface area contributed by atoms with E-state index in [0.717, 1.165) is 24.9 Å². The van der Waals surface area contributed by atoms with E-state index >= 15 is 0 Å². The third-order valence-corrected chi connectivity index (χ3v) is 4.93.